The summed E-state index contributed by atoms with van der Waals surface area (Å²) in [5.74, 6) is 0.591. The van der Waals surface area contributed by atoms with Crippen molar-refractivity contribution >= 4 is 60.4 Å². The molecular weight excluding hydrogens is 546 g/mol. The van der Waals surface area contributed by atoms with Crippen LogP contribution in [0, 0.1) is 5.92 Å². The largest absolute Gasteiger partial charge is 0.493 e. The second-order valence-corrected chi connectivity index (χ2v) is 13.0. The van der Waals surface area contributed by atoms with Gasteiger partial charge in [-0.2, -0.15) is 9.30 Å². The number of aromatic nitrogens is 1. The van der Waals surface area contributed by atoms with Crippen LogP contribution in [0.15, 0.2) is 33.5 Å². The van der Waals surface area contributed by atoms with Crippen LogP contribution in [0.2, 0.25) is 4.34 Å². The van der Waals surface area contributed by atoms with Gasteiger partial charge in [-0.1, -0.05) is 22.9 Å². The van der Waals surface area contributed by atoms with Gasteiger partial charge in [-0.25, -0.2) is 8.42 Å². The molecule has 4 rings (SSSR count). The second-order valence-electron chi connectivity index (χ2n) is 8.10. The number of amides is 1. The van der Waals surface area contributed by atoms with Crippen molar-refractivity contribution in [2.75, 3.05) is 40.5 Å². The minimum absolute atomic E-state index is 0.216. The fourth-order valence-electron chi connectivity index (χ4n) is 4.09. The Morgan fingerprint density at radius 2 is 1.83 bits per heavy atom. The number of carbonyl (C=O) groups excluding carboxylic acids is 1. The Labute approximate surface area is 222 Å². The van der Waals surface area contributed by atoms with Crippen LogP contribution in [0.3, 0.4) is 0 Å². The molecule has 0 radical (unpaired) electrons. The molecule has 13 heteroatoms. The maximum Gasteiger partial charge on any atom is 0.252 e. The summed E-state index contributed by atoms with van der Waals surface area (Å²) in [6.07, 6.45) is 0.818. The number of sulfonamides is 1. The standard InChI is InChI=1S/C23H28ClN3O6S3/c1-4-33-12-11-27-16-13-17(31-2)18(32-3)14-19(16)34-23(27)25-22(28)15-7-9-26(10-8-15)36(29,30)21-6-5-20(24)35-21/h5-6,13-15H,4,7-12H2,1-3H3. The lowest BCUT2D eigenvalue weighted by Gasteiger charge is -2.29. The summed E-state index contributed by atoms with van der Waals surface area (Å²) >= 11 is 8.35. The average molecular weight is 574 g/mol. The summed E-state index contributed by atoms with van der Waals surface area (Å²) in [4.78, 5) is 18.2. The van der Waals surface area contributed by atoms with Crippen LogP contribution >= 0.6 is 34.3 Å². The molecule has 1 aromatic carbocycles. The van der Waals surface area contributed by atoms with Gasteiger partial charge in [-0.05, 0) is 31.9 Å². The summed E-state index contributed by atoms with van der Waals surface area (Å²) in [6.45, 7) is 4.03. The SMILES string of the molecule is CCOCCn1c(=NC(=O)C2CCN(S(=O)(=O)c3ccc(Cl)s3)CC2)sc2cc(OC)c(OC)cc21. The van der Waals surface area contributed by atoms with Crippen LogP contribution in [-0.4, -0.2) is 63.7 Å². The minimum atomic E-state index is -3.61. The summed E-state index contributed by atoms with van der Waals surface area (Å²) in [6, 6.07) is 6.84. The Kier molecular flexibility index (Phi) is 8.74. The van der Waals surface area contributed by atoms with E-state index in [0.29, 0.717) is 53.2 Å². The molecular formula is C23H28ClN3O6S3. The Morgan fingerprint density at radius 3 is 2.44 bits per heavy atom. The Bertz CT molecular complexity index is 1400. The van der Waals surface area contributed by atoms with Gasteiger partial charge in [-0.15, -0.1) is 11.3 Å². The number of hydrogen-bond donors (Lipinski definition) is 0. The number of hydrogen-bond acceptors (Lipinski definition) is 8. The molecule has 36 heavy (non-hydrogen) atoms. The predicted octanol–water partition coefficient (Wildman–Crippen LogP) is 4.00. The van der Waals surface area contributed by atoms with E-state index in [0.717, 1.165) is 21.6 Å². The third-order valence-electron chi connectivity index (χ3n) is 6.00. The molecule has 0 atom stereocenters. The maximum atomic E-state index is 13.2. The molecule has 0 aliphatic carbocycles. The highest BCUT2D eigenvalue weighted by Gasteiger charge is 2.33. The maximum absolute atomic E-state index is 13.2. The van der Waals surface area contributed by atoms with Gasteiger partial charge in [-0.3, -0.25) is 4.79 Å². The number of carbonyl (C=O) groups is 1. The van der Waals surface area contributed by atoms with Crippen LogP contribution in [-0.2, 0) is 26.1 Å². The normalized spacial score (nSPS) is 16.1. The zero-order chi connectivity index (χ0) is 25.9. The van der Waals surface area contributed by atoms with Crippen molar-refractivity contribution in [3.05, 3.63) is 33.4 Å². The molecule has 9 nitrogen and oxygen atoms in total. The first-order valence-corrected chi connectivity index (χ1v) is 14.9. The van der Waals surface area contributed by atoms with Gasteiger partial charge in [0.2, 0.25) is 0 Å². The lowest BCUT2D eigenvalue weighted by Crippen LogP contribution is -2.40. The van der Waals surface area contributed by atoms with E-state index in [1.807, 2.05) is 23.6 Å². The summed E-state index contributed by atoms with van der Waals surface area (Å²) in [5, 5.41) is 0. The van der Waals surface area contributed by atoms with Gasteiger partial charge in [0.1, 0.15) is 4.21 Å². The number of methoxy groups -OCH3 is 2. The molecule has 1 fully saturated rings. The lowest BCUT2D eigenvalue weighted by molar-refractivity contribution is -0.122. The molecule has 2 aromatic heterocycles. The number of fused-ring (bicyclic) bond motifs is 1. The summed E-state index contributed by atoms with van der Waals surface area (Å²) < 4.78 is 47.1. The third-order valence-corrected chi connectivity index (χ3v) is 10.6. The monoisotopic (exact) mass is 573 g/mol. The van der Waals surface area contributed by atoms with Gasteiger partial charge >= 0.3 is 0 Å². The van der Waals surface area contributed by atoms with E-state index in [1.165, 1.54) is 21.7 Å². The average Bonchev–Trinajstić information content (AvgIpc) is 3.46. The van der Waals surface area contributed by atoms with E-state index in [2.05, 4.69) is 4.99 Å². The number of benzene rings is 1. The number of thiazole rings is 1. The van der Waals surface area contributed by atoms with Crippen LogP contribution in [0.4, 0.5) is 0 Å². The van der Waals surface area contributed by atoms with E-state index in [-0.39, 0.29) is 29.1 Å². The number of nitrogens with zero attached hydrogens (tertiary/aromatic N) is 3. The van der Waals surface area contributed by atoms with E-state index in [4.69, 9.17) is 25.8 Å². The van der Waals surface area contributed by atoms with E-state index in [1.54, 1.807) is 20.3 Å². The highest BCUT2D eigenvalue weighted by molar-refractivity contribution is 7.91. The van der Waals surface area contributed by atoms with Gasteiger partial charge < -0.3 is 18.8 Å². The van der Waals surface area contributed by atoms with Crippen LogP contribution < -0.4 is 14.3 Å². The van der Waals surface area contributed by atoms with Crippen molar-refractivity contribution in [2.45, 2.75) is 30.5 Å². The predicted molar refractivity (Wildman–Crippen MR) is 141 cm³/mol. The molecule has 0 saturated carbocycles. The highest BCUT2D eigenvalue weighted by Crippen LogP contribution is 2.34. The molecule has 0 unspecified atom stereocenters. The zero-order valence-corrected chi connectivity index (χ0v) is 23.4. The minimum Gasteiger partial charge on any atom is -0.493 e. The molecule has 1 aliphatic heterocycles. The van der Waals surface area contributed by atoms with Crippen LogP contribution in [0.25, 0.3) is 10.2 Å². The van der Waals surface area contributed by atoms with Crippen LogP contribution in [0.1, 0.15) is 19.8 Å². The Balaban J connectivity index is 1.58. The van der Waals surface area contributed by atoms with E-state index < -0.39 is 10.0 Å². The van der Waals surface area contributed by atoms with Gasteiger partial charge in [0.05, 0.1) is 35.4 Å². The fourth-order valence-corrected chi connectivity index (χ4v) is 8.27. The van der Waals surface area contributed by atoms with Gasteiger partial charge in [0.25, 0.3) is 15.9 Å². The molecule has 1 amide bonds. The number of rotatable bonds is 9. The lowest BCUT2D eigenvalue weighted by atomic mass is 9.98. The van der Waals surface area contributed by atoms with Crippen molar-refractivity contribution in [1.29, 1.82) is 0 Å². The summed E-state index contributed by atoms with van der Waals surface area (Å²) in [5.41, 5.74) is 0.874. The van der Waals surface area contributed by atoms with Crippen molar-refractivity contribution < 1.29 is 27.4 Å². The van der Waals surface area contributed by atoms with Crippen molar-refractivity contribution in [1.82, 2.24) is 8.87 Å². The zero-order valence-electron chi connectivity index (χ0n) is 20.2. The quantitative estimate of drug-likeness (QED) is 0.359. The van der Waals surface area contributed by atoms with Gasteiger partial charge in [0, 0.05) is 44.3 Å². The number of piperidine rings is 1. The molecule has 1 saturated heterocycles. The smallest absolute Gasteiger partial charge is 0.252 e. The van der Waals surface area contributed by atoms with Gasteiger partial charge in [0.15, 0.2) is 16.3 Å². The molecule has 3 aromatic rings. The Hall–Kier alpha value is -1.96. The number of halogens is 1. The van der Waals surface area contributed by atoms with Crippen molar-refractivity contribution in [3.8, 4) is 11.5 Å². The first-order valence-electron chi connectivity index (χ1n) is 11.5. The first kappa shape index (κ1) is 27.1. The number of ether oxygens (including phenoxy) is 3. The van der Waals surface area contributed by atoms with Crippen molar-refractivity contribution in [3.63, 3.8) is 0 Å². The Morgan fingerprint density at radius 1 is 1.14 bits per heavy atom. The highest BCUT2D eigenvalue weighted by atomic mass is 35.5. The molecule has 0 N–H and O–H groups in total. The fraction of sp³-hybridized carbons (Fsp3) is 0.478. The second kappa shape index (κ2) is 11.6. The number of thiophene rings is 1. The third kappa shape index (κ3) is 5.63. The van der Waals surface area contributed by atoms with E-state index in [9.17, 15) is 13.2 Å². The van der Waals surface area contributed by atoms with Crippen LogP contribution in [0.5, 0.6) is 11.5 Å². The molecule has 0 bridgehead atoms. The summed E-state index contributed by atoms with van der Waals surface area (Å²) in [7, 11) is -0.457. The first-order chi connectivity index (χ1) is 17.3. The molecule has 1 aliphatic rings. The topological polar surface area (TPSA) is 99.4 Å². The van der Waals surface area contributed by atoms with E-state index >= 15 is 0 Å². The molecule has 0 spiro atoms. The van der Waals surface area contributed by atoms with Crippen molar-refractivity contribution in [2.24, 2.45) is 10.9 Å². The molecule has 196 valence electrons. The molecule has 3 heterocycles.